The Bertz CT molecular complexity index is 665. The molecule has 2 bridgehead atoms. The number of ether oxygens (including phenoxy) is 1. The molecule has 2 N–H and O–H groups in total. The minimum Gasteiger partial charge on any atom is -0.481 e. The van der Waals surface area contributed by atoms with E-state index in [0.717, 1.165) is 0 Å². The van der Waals surface area contributed by atoms with E-state index in [-0.39, 0.29) is 17.7 Å². The maximum atomic E-state index is 12.5. The minimum atomic E-state index is -0.949. The monoisotopic (exact) mass is 321 g/mol. The van der Waals surface area contributed by atoms with E-state index in [1.807, 2.05) is 12.2 Å². The van der Waals surface area contributed by atoms with Crippen LogP contribution in [0.2, 0.25) is 0 Å². The fraction of sp³-hybridized carbons (Fsp3) is 0.400. The molecule has 4 unspecified atom stereocenters. The molecule has 7 heteroatoms. The number of allylic oxidation sites excluding steroid dienone is 2. The van der Waals surface area contributed by atoms with Gasteiger partial charge in [0.1, 0.15) is 4.88 Å². The minimum absolute atomic E-state index is 0.0497. The van der Waals surface area contributed by atoms with Crippen molar-refractivity contribution in [1.29, 1.82) is 0 Å². The van der Waals surface area contributed by atoms with E-state index in [4.69, 9.17) is 0 Å². The molecule has 1 saturated carbocycles. The largest absolute Gasteiger partial charge is 0.481 e. The zero-order valence-corrected chi connectivity index (χ0v) is 12.6. The average molecular weight is 321 g/mol. The highest BCUT2D eigenvalue weighted by Crippen LogP contribution is 2.48. The van der Waals surface area contributed by atoms with E-state index in [1.165, 1.54) is 18.4 Å². The van der Waals surface area contributed by atoms with Crippen molar-refractivity contribution in [2.45, 2.75) is 6.42 Å². The van der Waals surface area contributed by atoms with Crippen LogP contribution in [0.4, 0.5) is 5.69 Å². The van der Waals surface area contributed by atoms with Gasteiger partial charge in [-0.25, -0.2) is 4.79 Å². The summed E-state index contributed by atoms with van der Waals surface area (Å²) < 4.78 is 4.67. The number of hydrogen-bond acceptors (Lipinski definition) is 5. The summed E-state index contributed by atoms with van der Waals surface area (Å²) in [5, 5.41) is 13.7. The quantitative estimate of drug-likeness (QED) is 0.653. The van der Waals surface area contributed by atoms with Gasteiger partial charge in [0.25, 0.3) is 0 Å². The summed E-state index contributed by atoms with van der Waals surface area (Å²) in [4.78, 5) is 35.9. The lowest BCUT2D eigenvalue weighted by atomic mass is 9.82. The second-order valence-electron chi connectivity index (χ2n) is 5.48. The molecule has 0 spiro atoms. The van der Waals surface area contributed by atoms with Crippen molar-refractivity contribution >= 4 is 34.9 Å². The van der Waals surface area contributed by atoms with E-state index in [9.17, 15) is 19.5 Å². The van der Waals surface area contributed by atoms with Crippen molar-refractivity contribution < 1.29 is 24.2 Å². The zero-order valence-electron chi connectivity index (χ0n) is 11.8. The molecule has 3 rings (SSSR count). The Kier molecular flexibility index (Phi) is 3.74. The number of rotatable bonds is 4. The number of esters is 1. The number of thiophene rings is 1. The standard InChI is InChI=1S/C15H15NO5S/c1-21-15(20)12-9(4-5-22-12)16-13(17)10-7-2-3-8(6-7)11(10)14(18)19/h2-5,7-8,10-11H,6H2,1H3,(H,16,17)(H,18,19). The van der Waals surface area contributed by atoms with Crippen molar-refractivity contribution in [3.63, 3.8) is 0 Å². The number of carbonyl (C=O) groups is 3. The van der Waals surface area contributed by atoms with E-state index >= 15 is 0 Å². The lowest BCUT2D eigenvalue weighted by Gasteiger charge is -2.23. The highest BCUT2D eigenvalue weighted by Gasteiger charge is 2.51. The summed E-state index contributed by atoms with van der Waals surface area (Å²) in [6.45, 7) is 0. The fourth-order valence-electron chi connectivity index (χ4n) is 3.39. The van der Waals surface area contributed by atoms with Crippen LogP contribution in [-0.4, -0.2) is 30.1 Å². The SMILES string of the molecule is COC(=O)c1sccc1NC(=O)C1C2C=CC(C2)C1C(=O)O. The molecule has 1 fully saturated rings. The number of hydrogen-bond donors (Lipinski definition) is 2. The van der Waals surface area contributed by atoms with Crippen LogP contribution < -0.4 is 5.32 Å². The van der Waals surface area contributed by atoms with E-state index < -0.39 is 23.8 Å². The molecule has 1 aromatic heterocycles. The summed E-state index contributed by atoms with van der Waals surface area (Å²) >= 11 is 1.17. The molecule has 2 aliphatic carbocycles. The Morgan fingerprint density at radius 2 is 1.95 bits per heavy atom. The van der Waals surface area contributed by atoms with Gasteiger partial charge in [0.05, 0.1) is 24.6 Å². The molecular weight excluding hydrogens is 306 g/mol. The number of amides is 1. The molecule has 0 aliphatic heterocycles. The third-order valence-electron chi connectivity index (χ3n) is 4.34. The van der Waals surface area contributed by atoms with Gasteiger partial charge >= 0.3 is 11.9 Å². The molecule has 2 aliphatic rings. The van der Waals surface area contributed by atoms with Gasteiger partial charge in [-0.2, -0.15) is 0 Å². The highest BCUT2D eigenvalue weighted by molar-refractivity contribution is 7.12. The molecule has 1 heterocycles. The van der Waals surface area contributed by atoms with Crippen LogP contribution in [0.1, 0.15) is 16.1 Å². The third kappa shape index (κ3) is 2.31. The first kappa shape index (κ1) is 14.8. The number of methoxy groups -OCH3 is 1. The lowest BCUT2D eigenvalue weighted by Crippen LogP contribution is -2.36. The van der Waals surface area contributed by atoms with E-state index in [2.05, 4.69) is 10.1 Å². The van der Waals surface area contributed by atoms with Crippen molar-refractivity contribution in [3.05, 3.63) is 28.5 Å². The molecule has 0 aromatic carbocycles. The normalized spacial score (nSPS) is 28.6. The molecule has 116 valence electrons. The van der Waals surface area contributed by atoms with Gasteiger partial charge in [0.15, 0.2) is 0 Å². The molecule has 1 aromatic rings. The van der Waals surface area contributed by atoms with Crippen LogP contribution in [0, 0.1) is 23.7 Å². The smallest absolute Gasteiger partial charge is 0.350 e. The van der Waals surface area contributed by atoms with Crippen LogP contribution in [-0.2, 0) is 14.3 Å². The predicted octanol–water partition coefficient (Wildman–Crippen LogP) is 2.00. The maximum Gasteiger partial charge on any atom is 0.350 e. The fourth-order valence-corrected chi connectivity index (χ4v) is 4.16. The molecular formula is C15H15NO5S. The summed E-state index contributed by atoms with van der Waals surface area (Å²) in [6, 6.07) is 1.62. The Hall–Kier alpha value is -2.15. The van der Waals surface area contributed by atoms with Gasteiger partial charge in [0.2, 0.25) is 5.91 Å². The Morgan fingerprint density at radius 1 is 1.27 bits per heavy atom. The molecule has 0 radical (unpaired) electrons. The number of aliphatic carboxylic acids is 1. The number of fused-ring (bicyclic) bond motifs is 2. The van der Waals surface area contributed by atoms with Gasteiger partial charge in [-0.05, 0) is 29.7 Å². The number of carbonyl (C=O) groups excluding carboxylic acids is 2. The summed E-state index contributed by atoms with van der Waals surface area (Å²) in [7, 11) is 1.27. The van der Waals surface area contributed by atoms with Gasteiger partial charge in [-0.15, -0.1) is 11.3 Å². The van der Waals surface area contributed by atoms with E-state index in [1.54, 1.807) is 11.4 Å². The lowest BCUT2D eigenvalue weighted by molar-refractivity contribution is -0.146. The van der Waals surface area contributed by atoms with Crippen LogP contribution >= 0.6 is 11.3 Å². The first-order valence-electron chi connectivity index (χ1n) is 6.90. The summed E-state index contributed by atoms with van der Waals surface area (Å²) in [5.41, 5.74) is 0.373. The van der Waals surface area contributed by atoms with Gasteiger partial charge in [-0.1, -0.05) is 12.2 Å². The van der Waals surface area contributed by atoms with Crippen molar-refractivity contribution in [3.8, 4) is 0 Å². The first-order chi connectivity index (χ1) is 10.5. The number of carboxylic acid groups (broad SMARTS) is 1. The average Bonchev–Trinajstić information content (AvgIpc) is 3.20. The number of anilines is 1. The molecule has 1 amide bonds. The van der Waals surface area contributed by atoms with Crippen LogP contribution in [0.3, 0.4) is 0 Å². The molecule has 6 nitrogen and oxygen atoms in total. The van der Waals surface area contributed by atoms with Crippen molar-refractivity contribution in [1.82, 2.24) is 0 Å². The van der Waals surface area contributed by atoms with Crippen molar-refractivity contribution in [2.75, 3.05) is 12.4 Å². The van der Waals surface area contributed by atoms with Crippen LogP contribution in [0.5, 0.6) is 0 Å². The molecule has 22 heavy (non-hydrogen) atoms. The molecule has 0 saturated heterocycles. The Labute approximate surface area is 130 Å². The second kappa shape index (κ2) is 5.57. The summed E-state index contributed by atoms with van der Waals surface area (Å²) in [6.07, 6.45) is 4.50. The number of carboxylic acids is 1. The van der Waals surface area contributed by atoms with Crippen LogP contribution in [0.25, 0.3) is 0 Å². The molecule has 4 atom stereocenters. The summed E-state index contributed by atoms with van der Waals surface area (Å²) in [5.74, 6) is -3.25. The van der Waals surface area contributed by atoms with Gasteiger partial charge in [0, 0.05) is 0 Å². The Morgan fingerprint density at radius 3 is 2.59 bits per heavy atom. The van der Waals surface area contributed by atoms with Gasteiger partial charge in [-0.3, -0.25) is 9.59 Å². The second-order valence-corrected chi connectivity index (χ2v) is 6.40. The van der Waals surface area contributed by atoms with Gasteiger partial charge < -0.3 is 15.2 Å². The van der Waals surface area contributed by atoms with Crippen molar-refractivity contribution in [2.24, 2.45) is 23.7 Å². The topological polar surface area (TPSA) is 92.7 Å². The van der Waals surface area contributed by atoms with E-state index in [0.29, 0.717) is 17.0 Å². The number of nitrogens with one attached hydrogen (secondary N) is 1. The Balaban J connectivity index is 1.80. The highest BCUT2D eigenvalue weighted by atomic mass is 32.1. The third-order valence-corrected chi connectivity index (χ3v) is 5.24. The predicted molar refractivity (Wildman–Crippen MR) is 79.6 cm³/mol. The zero-order chi connectivity index (χ0) is 15.9. The van der Waals surface area contributed by atoms with Crippen LogP contribution in [0.15, 0.2) is 23.6 Å². The first-order valence-corrected chi connectivity index (χ1v) is 7.78. The maximum absolute atomic E-state index is 12.5.